The molecule has 0 spiro atoms. The predicted octanol–water partition coefficient (Wildman–Crippen LogP) is 2.53. The van der Waals surface area contributed by atoms with Crippen LogP contribution >= 0.6 is 0 Å². The molecule has 0 unspecified atom stereocenters. The Balaban J connectivity index is 3.36. The second-order valence-electron chi connectivity index (χ2n) is 2.79. The van der Waals surface area contributed by atoms with Gasteiger partial charge in [-0.15, -0.1) is 0 Å². The number of nitrogens with two attached hydrogens (primary N) is 1. The van der Waals surface area contributed by atoms with Crippen LogP contribution in [0.15, 0.2) is 18.7 Å². The molecule has 1 aromatic rings. The largest absolute Gasteiger partial charge is 0.398 e. The number of benzene rings is 1. The lowest BCUT2D eigenvalue weighted by Crippen LogP contribution is -1.92. The first-order chi connectivity index (χ1) is 5.15. The predicted molar refractivity (Wildman–Crippen MR) is 50.4 cm³/mol. The molecule has 2 N–H and O–H groups in total. The minimum Gasteiger partial charge on any atom is -0.398 e. The van der Waals surface area contributed by atoms with E-state index < -0.39 is 0 Å². The van der Waals surface area contributed by atoms with Crippen molar-refractivity contribution in [2.75, 3.05) is 5.73 Å². The average Bonchev–Trinajstić information content (AvgIpc) is 1.85. The van der Waals surface area contributed by atoms with E-state index in [0.29, 0.717) is 0 Å². The highest BCUT2D eigenvalue weighted by molar-refractivity contribution is 5.67. The van der Waals surface area contributed by atoms with Crippen molar-refractivity contribution in [1.29, 1.82) is 0 Å². The van der Waals surface area contributed by atoms with E-state index in [1.54, 1.807) is 6.08 Å². The molecule has 1 heteroatoms. The van der Waals surface area contributed by atoms with Crippen molar-refractivity contribution in [3.63, 3.8) is 0 Å². The zero-order valence-corrected chi connectivity index (χ0v) is 7.02. The van der Waals surface area contributed by atoms with Crippen molar-refractivity contribution in [2.24, 2.45) is 0 Å². The van der Waals surface area contributed by atoms with Crippen LogP contribution in [-0.4, -0.2) is 0 Å². The fourth-order valence-electron chi connectivity index (χ4n) is 1.29. The van der Waals surface area contributed by atoms with Crippen LogP contribution in [0.4, 0.5) is 5.69 Å². The van der Waals surface area contributed by atoms with E-state index in [0.717, 1.165) is 11.3 Å². The van der Waals surface area contributed by atoms with Gasteiger partial charge in [0.05, 0.1) is 0 Å². The van der Waals surface area contributed by atoms with Gasteiger partial charge in [-0.05, 0) is 36.6 Å². The molecule has 0 saturated carbocycles. The Bertz CT molecular complexity index is 264. The van der Waals surface area contributed by atoms with Crippen molar-refractivity contribution < 1.29 is 0 Å². The third-order valence-corrected chi connectivity index (χ3v) is 1.77. The van der Waals surface area contributed by atoms with Gasteiger partial charge in [0.15, 0.2) is 0 Å². The molecule has 0 bridgehead atoms. The molecule has 0 heterocycles. The van der Waals surface area contributed by atoms with E-state index >= 15 is 0 Å². The monoisotopic (exact) mass is 147 g/mol. The van der Waals surface area contributed by atoms with Gasteiger partial charge in [-0.3, -0.25) is 0 Å². The summed E-state index contributed by atoms with van der Waals surface area (Å²) in [4.78, 5) is 0. The van der Waals surface area contributed by atoms with E-state index in [1.807, 2.05) is 19.9 Å². The minimum absolute atomic E-state index is 0.817. The molecule has 1 rings (SSSR count). The van der Waals surface area contributed by atoms with Gasteiger partial charge in [-0.2, -0.15) is 0 Å². The van der Waals surface area contributed by atoms with Gasteiger partial charge in [0.2, 0.25) is 0 Å². The molecular formula is C10H13N. The number of aryl methyl sites for hydroxylation is 2. The van der Waals surface area contributed by atoms with Crippen LogP contribution < -0.4 is 5.73 Å². The number of hydrogen-bond acceptors (Lipinski definition) is 1. The lowest BCUT2D eigenvalue weighted by molar-refractivity contribution is 1.37. The highest BCUT2D eigenvalue weighted by atomic mass is 14.6. The zero-order valence-electron chi connectivity index (χ0n) is 7.02. The fraction of sp³-hybridized carbons (Fsp3) is 0.200. The normalized spacial score (nSPS) is 9.64. The molecule has 0 radical (unpaired) electrons. The molecule has 0 atom stereocenters. The fourth-order valence-corrected chi connectivity index (χ4v) is 1.29. The van der Waals surface area contributed by atoms with Gasteiger partial charge in [0.1, 0.15) is 0 Å². The van der Waals surface area contributed by atoms with Crippen LogP contribution in [0.5, 0.6) is 0 Å². The zero-order chi connectivity index (χ0) is 8.43. The van der Waals surface area contributed by atoms with Gasteiger partial charge in [0, 0.05) is 5.69 Å². The first-order valence-corrected chi connectivity index (χ1v) is 3.64. The Morgan fingerprint density at radius 3 is 2.45 bits per heavy atom. The van der Waals surface area contributed by atoms with Gasteiger partial charge < -0.3 is 5.73 Å². The van der Waals surface area contributed by atoms with Gasteiger partial charge in [-0.1, -0.05) is 18.7 Å². The molecule has 0 fully saturated rings. The summed E-state index contributed by atoms with van der Waals surface area (Å²) in [6.07, 6.45) is 1.80. The van der Waals surface area contributed by atoms with Crippen LogP contribution in [0.1, 0.15) is 16.7 Å². The lowest BCUT2D eigenvalue weighted by atomic mass is 10.0. The summed E-state index contributed by atoms with van der Waals surface area (Å²) in [5.74, 6) is 0. The van der Waals surface area contributed by atoms with E-state index in [4.69, 9.17) is 5.73 Å². The third kappa shape index (κ3) is 1.43. The maximum atomic E-state index is 5.76. The standard InChI is InChI=1S/C10H13N/c1-4-9-8(3)5-7(2)6-10(9)11/h4-6H,1,11H2,2-3H3. The van der Waals surface area contributed by atoms with Gasteiger partial charge >= 0.3 is 0 Å². The van der Waals surface area contributed by atoms with Crippen LogP contribution in [0.2, 0.25) is 0 Å². The summed E-state index contributed by atoms with van der Waals surface area (Å²) in [5.41, 5.74) is 10.0. The summed E-state index contributed by atoms with van der Waals surface area (Å²) in [6.45, 7) is 7.78. The Kier molecular flexibility index (Phi) is 1.99. The third-order valence-electron chi connectivity index (χ3n) is 1.77. The molecule has 0 aliphatic heterocycles. The van der Waals surface area contributed by atoms with Crippen LogP contribution in [0.3, 0.4) is 0 Å². The molecular weight excluding hydrogens is 134 g/mol. The Hall–Kier alpha value is -1.24. The van der Waals surface area contributed by atoms with E-state index in [2.05, 4.69) is 12.6 Å². The lowest BCUT2D eigenvalue weighted by Gasteiger charge is -2.05. The van der Waals surface area contributed by atoms with Crippen molar-refractivity contribution in [3.8, 4) is 0 Å². The smallest absolute Gasteiger partial charge is 0.0392 e. The maximum absolute atomic E-state index is 5.76. The average molecular weight is 147 g/mol. The molecule has 1 aromatic carbocycles. The molecule has 11 heavy (non-hydrogen) atoms. The summed E-state index contributed by atoms with van der Waals surface area (Å²) in [5, 5.41) is 0. The number of nitrogen functional groups attached to an aromatic ring is 1. The summed E-state index contributed by atoms with van der Waals surface area (Å²) in [7, 11) is 0. The van der Waals surface area contributed by atoms with Crippen LogP contribution in [-0.2, 0) is 0 Å². The molecule has 0 aliphatic rings. The first kappa shape index (κ1) is 7.86. The Labute approximate surface area is 67.5 Å². The van der Waals surface area contributed by atoms with E-state index in [-0.39, 0.29) is 0 Å². The van der Waals surface area contributed by atoms with E-state index in [9.17, 15) is 0 Å². The summed E-state index contributed by atoms with van der Waals surface area (Å²) < 4.78 is 0. The maximum Gasteiger partial charge on any atom is 0.0392 e. The van der Waals surface area contributed by atoms with Crippen molar-refractivity contribution in [1.82, 2.24) is 0 Å². The quantitative estimate of drug-likeness (QED) is 0.607. The number of anilines is 1. The second kappa shape index (κ2) is 2.79. The minimum atomic E-state index is 0.817. The highest BCUT2D eigenvalue weighted by Gasteiger charge is 1.98. The molecule has 58 valence electrons. The molecule has 0 aliphatic carbocycles. The van der Waals surface area contributed by atoms with Crippen LogP contribution in [0, 0.1) is 13.8 Å². The second-order valence-corrected chi connectivity index (χ2v) is 2.79. The van der Waals surface area contributed by atoms with Crippen molar-refractivity contribution in [2.45, 2.75) is 13.8 Å². The van der Waals surface area contributed by atoms with Crippen molar-refractivity contribution >= 4 is 11.8 Å². The van der Waals surface area contributed by atoms with Gasteiger partial charge in [-0.25, -0.2) is 0 Å². The number of rotatable bonds is 1. The highest BCUT2D eigenvalue weighted by Crippen LogP contribution is 2.19. The summed E-state index contributed by atoms with van der Waals surface area (Å²) >= 11 is 0. The molecule has 0 saturated heterocycles. The Morgan fingerprint density at radius 1 is 1.36 bits per heavy atom. The van der Waals surface area contributed by atoms with Gasteiger partial charge in [0.25, 0.3) is 0 Å². The first-order valence-electron chi connectivity index (χ1n) is 3.64. The van der Waals surface area contributed by atoms with E-state index in [1.165, 1.54) is 11.1 Å². The molecule has 0 amide bonds. The van der Waals surface area contributed by atoms with Crippen LogP contribution in [0.25, 0.3) is 6.08 Å². The molecule has 0 aromatic heterocycles. The SMILES string of the molecule is C=Cc1c(C)cc(C)cc1N. The topological polar surface area (TPSA) is 26.0 Å². The van der Waals surface area contributed by atoms with Crippen molar-refractivity contribution in [3.05, 3.63) is 35.4 Å². The Morgan fingerprint density at radius 2 is 2.00 bits per heavy atom. The number of hydrogen-bond donors (Lipinski definition) is 1. The summed E-state index contributed by atoms with van der Waals surface area (Å²) in [6, 6.07) is 4.07. The molecule has 1 nitrogen and oxygen atoms in total.